The molecule has 0 unspecified atom stereocenters. The largest absolute Gasteiger partial charge is 0.497 e. The van der Waals surface area contributed by atoms with E-state index < -0.39 is 5.97 Å². The Bertz CT molecular complexity index is 1170. The Balaban J connectivity index is 1.88. The van der Waals surface area contributed by atoms with Crippen LogP contribution >= 0.6 is 27.5 Å². The zero-order valence-electron chi connectivity index (χ0n) is 16.7. The average Bonchev–Trinajstić information content (AvgIpc) is 2.79. The van der Waals surface area contributed by atoms with Gasteiger partial charge in [-0.3, -0.25) is 4.79 Å². The van der Waals surface area contributed by atoms with Gasteiger partial charge in [-0.1, -0.05) is 41.9 Å². The van der Waals surface area contributed by atoms with Gasteiger partial charge >= 0.3 is 5.97 Å². The molecule has 0 bridgehead atoms. The fourth-order valence-electron chi connectivity index (χ4n) is 3.04. The molecule has 0 fully saturated rings. The van der Waals surface area contributed by atoms with Crippen molar-refractivity contribution in [1.29, 1.82) is 0 Å². The van der Waals surface area contributed by atoms with Gasteiger partial charge in [0, 0.05) is 11.0 Å². The van der Waals surface area contributed by atoms with Gasteiger partial charge < -0.3 is 14.1 Å². The highest BCUT2D eigenvalue weighted by Crippen LogP contribution is 2.22. The van der Waals surface area contributed by atoms with E-state index in [0.29, 0.717) is 28.7 Å². The van der Waals surface area contributed by atoms with Crippen molar-refractivity contribution in [2.45, 2.75) is 13.0 Å². The van der Waals surface area contributed by atoms with E-state index in [9.17, 15) is 9.59 Å². The van der Waals surface area contributed by atoms with Crippen molar-refractivity contribution in [3.05, 3.63) is 96.8 Å². The summed E-state index contributed by atoms with van der Waals surface area (Å²) in [4.78, 5) is 28.4. The van der Waals surface area contributed by atoms with E-state index in [4.69, 9.17) is 22.2 Å². The molecular formula is C23H20BrClN2O4. The van der Waals surface area contributed by atoms with Crippen LogP contribution in [0.5, 0.6) is 5.75 Å². The predicted molar refractivity (Wildman–Crippen MR) is 125 cm³/mol. The molecule has 1 heterocycles. The lowest BCUT2D eigenvalue weighted by molar-refractivity contribution is 0.0503. The summed E-state index contributed by atoms with van der Waals surface area (Å²) in [5, 5.41) is 0.131. The first-order valence-electron chi connectivity index (χ1n) is 9.34. The highest BCUT2D eigenvalue weighted by Gasteiger charge is 2.11. The number of halogens is 2. The van der Waals surface area contributed by atoms with Gasteiger partial charge in [-0.2, -0.15) is 5.90 Å². The van der Waals surface area contributed by atoms with Gasteiger partial charge in [0.05, 0.1) is 18.4 Å². The maximum absolute atomic E-state index is 12.7. The van der Waals surface area contributed by atoms with Gasteiger partial charge in [-0.05, 0) is 69.9 Å². The fraction of sp³-hybridized carbons (Fsp3) is 0.130. The maximum atomic E-state index is 12.7. The molecule has 6 nitrogen and oxygen atoms in total. The topological polar surface area (TPSA) is 83.5 Å². The number of carbonyl (C=O) groups excluding carboxylic acids is 1. The van der Waals surface area contributed by atoms with Crippen LogP contribution < -0.4 is 16.2 Å². The Labute approximate surface area is 192 Å². The number of nitrogens with zero attached hydrogens (tertiary/aromatic N) is 1. The van der Waals surface area contributed by atoms with Crippen molar-refractivity contribution in [3.8, 4) is 5.75 Å². The fourth-order valence-corrected chi connectivity index (χ4v) is 3.96. The van der Waals surface area contributed by atoms with Gasteiger partial charge in [-0.15, -0.1) is 0 Å². The lowest BCUT2D eigenvalue weighted by Crippen LogP contribution is -2.24. The molecule has 0 spiro atoms. The minimum absolute atomic E-state index is 0.131. The number of benzene rings is 2. The lowest BCUT2D eigenvalue weighted by atomic mass is 10.1. The third-order valence-electron chi connectivity index (χ3n) is 4.69. The normalized spacial score (nSPS) is 11.0. The van der Waals surface area contributed by atoms with Crippen LogP contribution in [0.2, 0.25) is 5.02 Å². The average molecular weight is 504 g/mol. The van der Waals surface area contributed by atoms with Gasteiger partial charge in [0.1, 0.15) is 10.8 Å². The van der Waals surface area contributed by atoms with E-state index in [-0.39, 0.29) is 10.6 Å². The molecule has 8 heteroatoms. The number of rotatable bonds is 7. The number of nitrogens with two attached hydrogens (primary N) is 1. The first kappa shape index (κ1) is 22.8. The van der Waals surface area contributed by atoms with Crippen LogP contribution in [0.4, 0.5) is 0 Å². The van der Waals surface area contributed by atoms with Crippen LogP contribution in [0.1, 0.15) is 27.2 Å². The highest BCUT2D eigenvalue weighted by atomic mass is 79.9. The Hall–Kier alpha value is -2.87. The summed E-state index contributed by atoms with van der Waals surface area (Å²) in [5.74, 6) is 5.05. The van der Waals surface area contributed by atoms with E-state index in [1.807, 2.05) is 36.4 Å². The third-order valence-corrected chi connectivity index (χ3v) is 5.59. The molecular weight excluding hydrogens is 484 g/mol. The molecule has 0 saturated carbocycles. The Morgan fingerprint density at radius 1 is 1.16 bits per heavy atom. The lowest BCUT2D eigenvalue weighted by Gasteiger charge is -2.13. The zero-order valence-corrected chi connectivity index (χ0v) is 19.0. The number of methoxy groups -OCH3 is 1. The Morgan fingerprint density at radius 3 is 2.58 bits per heavy atom. The SMILES string of the molecule is COc1cccc(/C=C/c2c(Br)cc(Cl)c(=O)n2CCc2ccc(C(=O)ON)cc2)c1. The Kier molecular flexibility index (Phi) is 7.68. The standard InChI is InChI=1S/C23H20BrClN2O4/c1-30-18-4-2-3-16(13-18)7-10-21-19(24)14-20(25)22(28)27(21)12-11-15-5-8-17(9-6-15)23(29)31-26/h2-10,13-14H,11-12,26H2,1H3/b10-7+. The molecule has 0 aliphatic rings. The van der Waals surface area contributed by atoms with Gasteiger partial charge in [0.25, 0.3) is 5.56 Å². The smallest absolute Gasteiger partial charge is 0.356 e. The number of aromatic nitrogens is 1. The molecule has 2 N–H and O–H groups in total. The second kappa shape index (κ2) is 10.4. The van der Waals surface area contributed by atoms with Crippen molar-refractivity contribution in [2.75, 3.05) is 7.11 Å². The quantitative estimate of drug-likeness (QED) is 0.472. The van der Waals surface area contributed by atoms with Crippen LogP contribution in [0.3, 0.4) is 0 Å². The van der Waals surface area contributed by atoms with E-state index in [2.05, 4.69) is 20.8 Å². The Morgan fingerprint density at radius 2 is 1.90 bits per heavy atom. The van der Waals surface area contributed by atoms with Gasteiger partial charge in [0.15, 0.2) is 0 Å². The van der Waals surface area contributed by atoms with E-state index in [1.165, 1.54) is 0 Å². The summed E-state index contributed by atoms with van der Waals surface area (Å²) in [6.07, 6.45) is 4.32. The number of pyridine rings is 1. The van der Waals surface area contributed by atoms with Crippen LogP contribution in [0.25, 0.3) is 12.2 Å². The maximum Gasteiger partial charge on any atom is 0.356 e. The van der Waals surface area contributed by atoms with Crippen molar-refractivity contribution >= 4 is 45.7 Å². The van der Waals surface area contributed by atoms with Gasteiger partial charge in [0.2, 0.25) is 0 Å². The van der Waals surface area contributed by atoms with Crippen LogP contribution in [0.15, 0.2) is 63.9 Å². The minimum atomic E-state index is -0.605. The predicted octanol–water partition coefficient (Wildman–Crippen LogP) is 4.72. The molecule has 3 aromatic rings. The molecule has 31 heavy (non-hydrogen) atoms. The molecule has 3 rings (SSSR count). The molecule has 0 atom stereocenters. The second-order valence-corrected chi connectivity index (χ2v) is 7.91. The minimum Gasteiger partial charge on any atom is -0.497 e. The van der Waals surface area contributed by atoms with Crippen molar-refractivity contribution in [1.82, 2.24) is 4.57 Å². The molecule has 160 valence electrons. The second-order valence-electron chi connectivity index (χ2n) is 6.64. The summed E-state index contributed by atoms with van der Waals surface area (Å²) < 4.78 is 7.58. The van der Waals surface area contributed by atoms with Crippen molar-refractivity contribution in [2.24, 2.45) is 5.90 Å². The number of hydrogen-bond donors (Lipinski definition) is 1. The van der Waals surface area contributed by atoms with E-state index in [1.54, 1.807) is 42.0 Å². The summed E-state index contributed by atoms with van der Waals surface area (Å²) in [6, 6.07) is 16.0. The summed E-state index contributed by atoms with van der Waals surface area (Å²) >= 11 is 9.64. The summed E-state index contributed by atoms with van der Waals surface area (Å²) in [5.41, 5.74) is 2.65. The molecule has 0 amide bonds. The molecule has 0 aliphatic heterocycles. The summed E-state index contributed by atoms with van der Waals surface area (Å²) in [6.45, 7) is 0.399. The number of hydrogen-bond acceptors (Lipinski definition) is 5. The first-order valence-corrected chi connectivity index (χ1v) is 10.5. The van der Waals surface area contributed by atoms with E-state index in [0.717, 1.165) is 16.9 Å². The monoisotopic (exact) mass is 502 g/mol. The van der Waals surface area contributed by atoms with Gasteiger partial charge in [-0.25, -0.2) is 4.79 Å². The molecule has 2 aromatic carbocycles. The molecule has 0 aliphatic carbocycles. The molecule has 0 saturated heterocycles. The number of ether oxygens (including phenoxy) is 1. The van der Waals surface area contributed by atoms with Crippen molar-refractivity contribution < 1.29 is 14.4 Å². The first-order chi connectivity index (χ1) is 14.9. The molecule has 0 radical (unpaired) electrons. The highest BCUT2D eigenvalue weighted by molar-refractivity contribution is 9.10. The van der Waals surface area contributed by atoms with Crippen LogP contribution in [-0.2, 0) is 17.8 Å². The van der Waals surface area contributed by atoms with Crippen LogP contribution in [0, 0.1) is 0 Å². The third kappa shape index (κ3) is 5.64. The van der Waals surface area contributed by atoms with E-state index >= 15 is 0 Å². The summed E-state index contributed by atoms with van der Waals surface area (Å²) in [7, 11) is 1.61. The number of aryl methyl sites for hydroxylation is 1. The van der Waals surface area contributed by atoms with Crippen molar-refractivity contribution in [3.63, 3.8) is 0 Å². The molecule has 1 aromatic heterocycles. The van der Waals surface area contributed by atoms with Crippen LogP contribution in [-0.4, -0.2) is 17.6 Å². The number of carbonyl (C=O) groups is 1. The zero-order chi connectivity index (χ0) is 22.4.